The van der Waals surface area contributed by atoms with Crippen molar-refractivity contribution in [2.75, 3.05) is 6.61 Å². The normalized spacial score (nSPS) is 12.2. The van der Waals surface area contributed by atoms with E-state index in [0.717, 1.165) is 29.0 Å². The van der Waals surface area contributed by atoms with Crippen LogP contribution in [-0.4, -0.2) is 29.6 Å². The van der Waals surface area contributed by atoms with Crippen molar-refractivity contribution in [2.24, 2.45) is 0 Å². The number of carboxylic acids is 1. The van der Waals surface area contributed by atoms with E-state index in [9.17, 15) is 9.59 Å². The first-order valence-electron chi connectivity index (χ1n) is 6.30. The average Bonchev–Trinajstić information content (AvgIpc) is 2.35. The van der Waals surface area contributed by atoms with Crippen LogP contribution in [-0.2, 0) is 9.59 Å². The van der Waals surface area contributed by atoms with Gasteiger partial charge in [-0.15, -0.1) is 0 Å². The van der Waals surface area contributed by atoms with Gasteiger partial charge in [0.2, 0.25) is 5.91 Å². The second kappa shape index (κ2) is 7.33. The number of carbonyl (C=O) groups excluding carboxylic acids is 1. The minimum Gasteiger partial charge on any atom is -0.491 e. The van der Waals surface area contributed by atoms with E-state index in [4.69, 9.17) is 9.84 Å². The van der Waals surface area contributed by atoms with Gasteiger partial charge in [0.25, 0.3) is 0 Å². The quantitative estimate of drug-likeness (QED) is 0.778. The van der Waals surface area contributed by atoms with Gasteiger partial charge in [-0.05, 0) is 31.9 Å². The highest BCUT2D eigenvalue weighted by Gasteiger charge is 2.08. The van der Waals surface area contributed by atoms with Gasteiger partial charge in [-0.2, -0.15) is 0 Å². The van der Waals surface area contributed by atoms with Crippen molar-refractivity contribution in [1.82, 2.24) is 5.32 Å². The lowest BCUT2D eigenvalue weighted by Gasteiger charge is -2.16. The maximum absolute atomic E-state index is 11.4. The van der Waals surface area contributed by atoms with Crippen molar-refractivity contribution in [1.29, 1.82) is 0 Å². The van der Waals surface area contributed by atoms with E-state index >= 15 is 0 Å². The minimum absolute atomic E-state index is 0.222. The highest BCUT2D eigenvalue weighted by molar-refractivity contribution is 5.93. The molecule has 1 rings (SSSR count). The smallest absolute Gasteiger partial charge is 0.328 e. The molecule has 1 amide bonds. The number of nitrogens with one attached hydrogen (secondary N) is 1. The maximum atomic E-state index is 11.4. The third-order valence-corrected chi connectivity index (χ3v) is 2.65. The molecule has 108 valence electrons. The Morgan fingerprint density at radius 3 is 2.45 bits per heavy atom. The molecule has 1 atom stereocenters. The van der Waals surface area contributed by atoms with Gasteiger partial charge >= 0.3 is 5.97 Å². The zero-order valence-corrected chi connectivity index (χ0v) is 11.8. The van der Waals surface area contributed by atoms with Crippen LogP contribution in [0.2, 0.25) is 0 Å². The molecular formula is C15H19NO4. The number of aryl methyl sites for hydroxylation is 2. The molecule has 0 saturated heterocycles. The van der Waals surface area contributed by atoms with Crippen molar-refractivity contribution in [3.05, 3.63) is 41.5 Å². The van der Waals surface area contributed by atoms with Crippen LogP contribution in [0, 0.1) is 13.8 Å². The summed E-state index contributed by atoms with van der Waals surface area (Å²) in [7, 11) is 0. The summed E-state index contributed by atoms with van der Waals surface area (Å²) in [5.41, 5.74) is 2.07. The molecule has 0 heterocycles. The molecule has 0 aromatic heterocycles. The Kier molecular flexibility index (Phi) is 5.77. The van der Waals surface area contributed by atoms with Crippen LogP contribution < -0.4 is 10.1 Å². The molecule has 5 heteroatoms. The van der Waals surface area contributed by atoms with E-state index in [0.29, 0.717) is 6.61 Å². The van der Waals surface area contributed by atoms with E-state index in [1.165, 1.54) is 0 Å². The summed E-state index contributed by atoms with van der Waals surface area (Å²) >= 11 is 0. The SMILES string of the molecule is Cc1cccc(C)c1OCC(C)NC(=O)C=CC(=O)O. The summed E-state index contributed by atoms with van der Waals surface area (Å²) in [6.45, 7) is 6.03. The van der Waals surface area contributed by atoms with Crippen molar-refractivity contribution in [2.45, 2.75) is 26.8 Å². The largest absolute Gasteiger partial charge is 0.491 e. The molecule has 1 aromatic rings. The number of para-hydroxylation sites is 1. The van der Waals surface area contributed by atoms with E-state index in [-0.39, 0.29) is 6.04 Å². The van der Waals surface area contributed by atoms with Gasteiger partial charge in [-0.3, -0.25) is 4.79 Å². The number of carbonyl (C=O) groups is 2. The lowest BCUT2D eigenvalue weighted by Crippen LogP contribution is -2.35. The van der Waals surface area contributed by atoms with Gasteiger partial charge in [0.15, 0.2) is 0 Å². The second-order valence-electron chi connectivity index (χ2n) is 4.61. The number of amides is 1. The highest BCUT2D eigenvalue weighted by Crippen LogP contribution is 2.22. The first-order chi connectivity index (χ1) is 9.40. The number of hydrogen-bond acceptors (Lipinski definition) is 3. The Morgan fingerprint density at radius 2 is 1.90 bits per heavy atom. The topological polar surface area (TPSA) is 75.6 Å². The Hall–Kier alpha value is -2.30. The van der Waals surface area contributed by atoms with E-state index in [1.807, 2.05) is 32.0 Å². The Morgan fingerprint density at radius 1 is 1.30 bits per heavy atom. The van der Waals surface area contributed by atoms with Gasteiger partial charge in [0.1, 0.15) is 12.4 Å². The molecule has 1 unspecified atom stereocenters. The summed E-state index contributed by atoms with van der Waals surface area (Å²) in [5, 5.41) is 11.0. The molecule has 0 radical (unpaired) electrons. The third kappa shape index (κ3) is 5.14. The summed E-state index contributed by atoms with van der Waals surface area (Å²) in [6, 6.07) is 5.65. The molecule has 0 spiro atoms. The predicted octanol–water partition coefficient (Wildman–Crippen LogP) is 1.83. The van der Waals surface area contributed by atoms with E-state index in [1.54, 1.807) is 6.92 Å². The van der Waals surface area contributed by atoms with Crippen molar-refractivity contribution in [3.8, 4) is 5.75 Å². The van der Waals surface area contributed by atoms with Crippen LogP contribution in [0.4, 0.5) is 0 Å². The fraction of sp³-hybridized carbons (Fsp3) is 0.333. The summed E-state index contributed by atoms with van der Waals surface area (Å²) in [6.07, 6.45) is 1.78. The maximum Gasteiger partial charge on any atom is 0.328 e. The van der Waals surface area contributed by atoms with Crippen LogP contribution in [0.3, 0.4) is 0 Å². The third-order valence-electron chi connectivity index (χ3n) is 2.65. The van der Waals surface area contributed by atoms with Crippen LogP contribution in [0.15, 0.2) is 30.4 Å². The molecule has 0 saturated carbocycles. The zero-order valence-electron chi connectivity index (χ0n) is 11.8. The van der Waals surface area contributed by atoms with Crippen LogP contribution >= 0.6 is 0 Å². The average molecular weight is 277 g/mol. The Bertz CT molecular complexity index is 502. The molecule has 20 heavy (non-hydrogen) atoms. The van der Waals surface area contributed by atoms with Gasteiger partial charge in [-0.25, -0.2) is 4.79 Å². The molecule has 0 fully saturated rings. The molecule has 0 aliphatic heterocycles. The number of rotatable bonds is 6. The van der Waals surface area contributed by atoms with E-state index < -0.39 is 11.9 Å². The van der Waals surface area contributed by atoms with Crippen LogP contribution in [0.25, 0.3) is 0 Å². The first-order valence-corrected chi connectivity index (χ1v) is 6.30. The van der Waals surface area contributed by atoms with Crippen molar-refractivity contribution < 1.29 is 19.4 Å². The molecule has 1 aromatic carbocycles. The monoisotopic (exact) mass is 277 g/mol. The lowest BCUT2D eigenvalue weighted by atomic mass is 10.1. The number of benzene rings is 1. The number of carboxylic acid groups (broad SMARTS) is 1. The van der Waals surface area contributed by atoms with Gasteiger partial charge in [-0.1, -0.05) is 18.2 Å². The minimum atomic E-state index is -1.15. The van der Waals surface area contributed by atoms with Crippen LogP contribution in [0.5, 0.6) is 5.75 Å². The molecule has 2 N–H and O–H groups in total. The van der Waals surface area contributed by atoms with Crippen LogP contribution in [0.1, 0.15) is 18.1 Å². The van der Waals surface area contributed by atoms with Gasteiger partial charge < -0.3 is 15.2 Å². The van der Waals surface area contributed by atoms with Crippen molar-refractivity contribution in [3.63, 3.8) is 0 Å². The number of hydrogen-bond donors (Lipinski definition) is 2. The molecule has 0 bridgehead atoms. The Labute approximate surface area is 118 Å². The fourth-order valence-corrected chi connectivity index (χ4v) is 1.71. The highest BCUT2D eigenvalue weighted by atomic mass is 16.5. The van der Waals surface area contributed by atoms with E-state index in [2.05, 4.69) is 5.32 Å². The number of aliphatic carboxylic acids is 1. The molecule has 0 aliphatic carbocycles. The summed E-state index contributed by atoms with van der Waals surface area (Å²) in [4.78, 5) is 21.7. The summed E-state index contributed by atoms with van der Waals surface area (Å²) < 4.78 is 5.70. The fourth-order valence-electron chi connectivity index (χ4n) is 1.71. The second-order valence-corrected chi connectivity index (χ2v) is 4.61. The predicted molar refractivity (Wildman–Crippen MR) is 75.8 cm³/mol. The Balaban J connectivity index is 2.49. The standard InChI is InChI=1S/C15H19NO4/c1-10-5-4-6-11(2)15(10)20-9-12(3)16-13(17)7-8-14(18)19/h4-8,12H,9H2,1-3H3,(H,16,17)(H,18,19). The first kappa shape index (κ1) is 15.8. The van der Waals surface area contributed by atoms with Gasteiger partial charge in [0, 0.05) is 12.2 Å². The zero-order chi connectivity index (χ0) is 15.1. The lowest BCUT2D eigenvalue weighted by molar-refractivity contribution is -0.131. The molecular weight excluding hydrogens is 258 g/mol. The summed E-state index contributed by atoms with van der Waals surface area (Å²) in [5.74, 6) is -0.792. The van der Waals surface area contributed by atoms with Crippen molar-refractivity contribution >= 4 is 11.9 Å². The molecule has 0 aliphatic rings. The number of ether oxygens (including phenoxy) is 1. The molecule has 5 nitrogen and oxygen atoms in total. The van der Waals surface area contributed by atoms with Gasteiger partial charge in [0.05, 0.1) is 6.04 Å².